The van der Waals surface area contributed by atoms with Gasteiger partial charge in [0.1, 0.15) is 11.6 Å². The van der Waals surface area contributed by atoms with Crippen LogP contribution in [0.15, 0.2) is 48.5 Å². The first-order valence-electron chi connectivity index (χ1n) is 9.71. The number of piperazine rings is 1. The summed E-state index contributed by atoms with van der Waals surface area (Å²) in [4.78, 5) is 18.2. The summed E-state index contributed by atoms with van der Waals surface area (Å²) in [5.74, 6) is 0.694. The maximum atomic E-state index is 13.4. The van der Waals surface area contributed by atoms with Gasteiger partial charge in [-0.3, -0.25) is 4.79 Å². The summed E-state index contributed by atoms with van der Waals surface area (Å²) in [6, 6.07) is 14.3. The first kappa shape index (κ1) is 20.1. The van der Waals surface area contributed by atoms with Gasteiger partial charge in [0.25, 0.3) is 5.91 Å². The molecule has 1 aliphatic heterocycles. The first-order chi connectivity index (χ1) is 13.5. The van der Waals surface area contributed by atoms with Gasteiger partial charge in [-0.05, 0) is 36.8 Å². The molecule has 0 unspecified atom stereocenters. The predicted octanol–water partition coefficient (Wildman–Crippen LogP) is 1.59. The van der Waals surface area contributed by atoms with Gasteiger partial charge in [0.15, 0.2) is 6.04 Å². The molecule has 28 heavy (non-hydrogen) atoms. The summed E-state index contributed by atoms with van der Waals surface area (Å²) >= 11 is 0. The molecule has 1 amide bonds. The second-order valence-electron chi connectivity index (χ2n) is 7.36. The summed E-state index contributed by atoms with van der Waals surface area (Å²) in [6.45, 7) is 5.93. The van der Waals surface area contributed by atoms with Crippen LogP contribution in [0.25, 0.3) is 0 Å². The molecule has 3 rings (SSSR count). The Morgan fingerprint density at radius 2 is 1.93 bits per heavy atom. The summed E-state index contributed by atoms with van der Waals surface area (Å²) in [6.07, 6.45) is 0. The highest BCUT2D eigenvalue weighted by Crippen LogP contribution is 2.27. The minimum Gasteiger partial charge on any atom is -0.495 e. The summed E-state index contributed by atoms with van der Waals surface area (Å²) in [7, 11) is 3.48. The van der Waals surface area contributed by atoms with E-state index >= 15 is 0 Å². The minimum absolute atomic E-state index is 0.0880. The highest BCUT2D eigenvalue weighted by Gasteiger charge is 2.31. The van der Waals surface area contributed by atoms with E-state index in [9.17, 15) is 9.18 Å². The van der Waals surface area contributed by atoms with E-state index in [1.165, 1.54) is 17.0 Å². The Morgan fingerprint density at radius 3 is 2.61 bits per heavy atom. The van der Waals surface area contributed by atoms with Crippen LogP contribution in [0.4, 0.5) is 10.1 Å². The Bertz CT molecular complexity index is 806. The number of hydrogen-bond acceptors (Lipinski definition) is 3. The second kappa shape index (κ2) is 9.06. The number of nitrogens with one attached hydrogen (secondary N) is 1. The van der Waals surface area contributed by atoms with Crippen LogP contribution in [0.5, 0.6) is 5.75 Å². The molecule has 0 aromatic heterocycles. The zero-order valence-corrected chi connectivity index (χ0v) is 16.8. The number of hydrogen-bond donors (Lipinski definition) is 1. The molecule has 6 heteroatoms. The molecule has 1 N–H and O–H groups in total. The molecule has 2 aromatic rings. The third-order valence-electron chi connectivity index (χ3n) is 5.50. The van der Waals surface area contributed by atoms with Gasteiger partial charge in [-0.1, -0.05) is 24.3 Å². The van der Waals surface area contributed by atoms with Gasteiger partial charge < -0.3 is 19.4 Å². The topological polar surface area (TPSA) is 37.2 Å². The van der Waals surface area contributed by atoms with E-state index in [1.54, 1.807) is 25.1 Å². The number of carbonyl (C=O) groups is 1. The van der Waals surface area contributed by atoms with Crippen molar-refractivity contribution < 1.29 is 18.8 Å². The number of ether oxygens (including phenoxy) is 1. The molecule has 1 fully saturated rings. The Kier molecular flexibility index (Phi) is 6.52. The molecule has 1 atom stereocenters. The minimum atomic E-state index is -0.274. The molecule has 1 aliphatic rings. The van der Waals surface area contributed by atoms with Crippen molar-refractivity contribution in [2.24, 2.45) is 0 Å². The van der Waals surface area contributed by atoms with E-state index in [0.29, 0.717) is 6.54 Å². The molecule has 1 saturated heterocycles. The maximum Gasteiger partial charge on any atom is 0.280 e. The molecular formula is C22H29FN3O2+. The largest absolute Gasteiger partial charge is 0.495 e. The molecule has 1 heterocycles. The highest BCUT2D eigenvalue weighted by molar-refractivity contribution is 5.79. The summed E-state index contributed by atoms with van der Waals surface area (Å²) in [5.41, 5.74) is 1.91. The lowest BCUT2D eigenvalue weighted by atomic mass is 10.1. The van der Waals surface area contributed by atoms with Crippen LogP contribution in [-0.4, -0.2) is 57.2 Å². The molecule has 0 saturated carbocycles. The zero-order chi connectivity index (χ0) is 20.1. The Morgan fingerprint density at radius 1 is 1.21 bits per heavy atom. The standard InChI is InChI=1S/C22H28FN3O2/c1-17(22(27)24(2)16-18-7-6-8-19(23)15-18)25-11-13-26(14-12-25)20-9-4-5-10-21(20)28-3/h4-10,15,17H,11-14,16H2,1-3H3/p+1/t17-/m0/s1. The maximum absolute atomic E-state index is 13.4. The quantitative estimate of drug-likeness (QED) is 0.819. The zero-order valence-electron chi connectivity index (χ0n) is 16.8. The van der Waals surface area contributed by atoms with Crippen LogP contribution < -0.4 is 14.5 Å². The van der Waals surface area contributed by atoms with Crippen molar-refractivity contribution in [1.29, 1.82) is 0 Å². The van der Waals surface area contributed by atoms with Crippen LogP contribution in [-0.2, 0) is 11.3 Å². The molecule has 0 aliphatic carbocycles. The number of rotatable bonds is 6. The fourth-order valence-electron chi connectivity index (χ4n) is 3.85. The van der Waals surface area contributed by atoms with Crippen LogP contribution in [0.2, 0.25) is 0 Å². The van der Waals surface area contributed by atoms with Gasteiger partial charge in [-0.2, -0.15) is 0 Å². The summed E-state index contributed by atoms with van der Waals surface area (Å²) in [5, 5.41) is 0. The molecule has 150 valence electrons. The lowest BCUT2D eigenvalue weighted by Crippen LogP contribution is -3.19. The number of nitrogens with zero attached hydrogens (tertiary/aromatic N) is 2. The third kappa shape index (κ3) is 4.62. The molecule has 0 spiro atoms. The third-order valence-corrected chi connectivity index (χ3v) is 5.50. The van der Waals surface area contributed by atoms with Gasteiger partial charge in [0, 0.05) is 13.6 Å². The number of methoxy groups -OCH3 is 1. The fraction of sp³-hybridized carbons (Fsp3) is 0.409. The van der Waals surface area contributed by atoms with Crippen LogP contribution in [0.1, 0.15) is 12.5 Å². The summed E-state index contributed by atoms with van der Waals surface area (Å²) < 4.78 is 18.8. The Hall–Kier alpha value is -2.60. The van der Waals surface area contributed by atoms with Crippen LogP contribution >= 0.6 is 0 Å². The SMILES string of the molecule is COc1ccccc1N1CC[NH+]([C@@H](C)C(=O)N(C)Cc2cccc(F)c2)CC1. The van der Waals surface area contributed by atoms with E-state index in [0.717, 1.165) is 43.2 Å². The van der Waals surface area contributed by atoms with Gasteiger partial charge in [-0.25, -0.2) is 4.39 Å². The molecule has 0 radical (unpaired) electrons. The van der Waals surface area contributed by atoms with Gasteiger partial charge in [0.05, 0.1) is 39.0 Å². The van der Waals surface area contributed by atoms with Crippen molar-refractivity contribution >= 4 is 11.6 Å². The van der Waals surface area contributed by atoms with Crippen molar-refractivity contribution in [3.8, 4) is 5.75 Å². The lowest BCUT2D eigenvalue weighted by molar-refractivity contribution is -0.915. The van der Waals surface area contributed by atoms with E-state index in [-0.39, 0.29) is 17.8 Å². The number of amides is 1. The Labute approximate surface area is 166 Å². The molecular weight excluding hydrogens is 357 g/mol. The average molecular weight is 386 g/mol. The van der Waals surface area contributed by atoms with E-state index in [4.69, 9.17) is 4.74 Å². The molecule has 0 bridgehead atoms. The van der Waals surface area contributed by atoms with Gasteiger partial charge in [-0.15, -0.1) is 0 Å². The smallest absolute Gasteiger partial charge is 0.280 e. The average Bonchev–Trinajstić information content (AvgIpc) is 2.72. The Balaban J connectivity index is 1.56. The molecule has 5 nitrogen and oxygen atoms in total. The lowest BCUT2D eigenvalue weighted by Gasteiger charge is -2.37. The highest BCUT2D eigenvalue weighted by atomic mass is 19.1. The van der Waals surface area contributed by atoms with Crippen molar-refractivity contribution in [2.45, 2.75) is 19.5 Å². The van der Waals surface area contributed by atoms with Crippen molar-refractivity contribution in [2.75, 3.05) is 45.2 Å². The fourth-order valence-corrected chi connectivity index (χ4v) is 3.85. The van der Waals surface area contributed by atoms with Crippen molar-refractivity contribution in [3.05, 3.63) is 59.9 Å². The number of quaternary nitrogens is 1. The number of likely N-dealkylation sites (N-methyl/N-ethyl adjacent to an activating group) is 1. The first-order valence-corrected chi connectivity index (χ1v) is 9.71. The number of halogens is 1. The second-order valence-corrected chi connectivity index (χ2v) is 7.36. The van der Waals surface area contributed by atoms with Gasteiger partial charge >= 0.3 is 0 Å². The number of para-hydroxylation sites is 2. The van der Waals surface area contributed by atoms with Crippen molar-refractivity contribution in [3.63, 3.8) is 0 Å². The van der Waals surface area contributed by atoms with Crippen LogP contribution in [0.3, 0.4) is 0 Å². The number of anilines is 1. The van der Waals surface area contributed by atoms with Crippen LogP contribution in [0, 0.1) is 5.82 Å². The molecule has 2 aromatic carbocycles. The van der Waals surface area contributed by atoms with Gasteiger partial charge in [0.2, 0.25) is 0 Å². The van der Waals surface area contributed by atoms with E-state index in [1.807, 2.05) is 31.2 Å². The monoisotopic (exact) mass is 386 g/mol. The van der Waals surface area contributed by atoms with E-state index in [2.05, 4.69) is 11.0 Å². The predicted molar refractivity (Wildman–Crippen MR) is 108 cm³/mol. The van der Waals surface area contributed by atoms with Crippen molar-refractivity contribution in [1.82, 2.24) is 4.90 Å². The number of benzene rings is 2. The number of carbonyl (C=O) groups excluding carboxylic acids is 1. The van der Waals surface area contributed by atoms with E-state index < -0.39 is 0 Å². The normalized spacial score (nSPS) is 15.9.